The van der Waals surface area contributed by atoms with Crippen molar-refractivity contribution < 1.29 is 124 Å². The maximum atomic E-state index is 15.3. The summed E-state index contributed by atoms with van der Waals surface area (Å²) in [5, 5.41) is 100. The number of carboxylic acids is 1. The quantitative estimate of drug-likeness (QED) is 0.0184. The topological polar surface area (TPSA) is 813 Å². The zero-order valence-electron chi connectivity index (χ0n) is 75.0. The van der Waals surface area contributed by atoms with Gasteiger partial charge in [-0.1, -0.05) is 38.1 Å². The fourth-order valence-electron chi connectivity index (χ4n) is 14.3. The lowest BCUT2D eigenvalue weighted by Gasteiger charge is -2.32. The molecule has 734 valence electrons. The third kappa shape index (κ3) is 36.7. The van der Waals surface area contributed by atoms with Crippen LogP contribution in [0.3, 0.4) is 0 Å². The van der Waals surface area contributed by atoms with Crippen LogP contribution < -0.4 is 120 Å². The molecule has 3 heterocycles. The standard InChI is InChI=1S/C82H132N26O23S/c1-41(2)63(76(126)98-52(15-10-29-92-82(88)89)68(118)100-56(36-62(85)114)73(123)99-54(33-45-18-22-48(112)23-19-45)71(121)104-59(39-110)79(129)108-31-12-17-61(108)80(130)131)105-75(125)60-16-11-30-107(60)78(128)57(34-46-20-24-49(113)25-21-46)102-69(119)53(26-32-132-6)97-72(122)55(35-47-37-90-40-93-47)101-77(127)64(44(5)111)106-70(120)51(14-7-8-27-83)96-65(115)43(4)95-74(124)58(38-109)103-66(116)42(3)94-67(117)50(84)13-9-28-91-81(86)87/h18-25,37,40-44,50-61,63-64,81-82,91-92,109-113H,7-17,26-36,38-39,83-84,86-89H2,1-6H3,(H2,85,114)(H,90,93)(H,94,117)(H,95,124)(H,96,115)(H,97,122)(H,98,126)(H,99,123)(H,100,118)(H,101,127)(H,102,119)(H,103,116)(H,104,121)(H,105,125)(H,106,120)(H,130,131)/p+2/t42-,43-,44+,50-,51-,52-,53-,54-,55-,56-,57-,58-,59-,60-,61-,63-,64-/m0/s1. The number of amides is 16. The van der Waals surface area contributed by atoms with Gasteiger partial charge < -0.3 is 155 Å². The van der Waals surface area contributed by atoms with Gasteiger partial charge in [0.15, 0.2) is 6.04 Å². The van der Waals surface area contributed by atoms with E-state index in [9.17, 15) is 103 Å². The van der Waals surface area contributed by atoms with E-state index in [-0.39, 0.29) is 113 Å². The summed E-state index contributed by atoms with van der Waals surface area (Å²) in [4.78, 5) is 248. The number of carbonyl (C=O) groups excluding carboxylic acids is 16. The Labute approximate surface area is 766 Å². The number of unbranched alkanes of at least 4 members (excludes halogenated alkanes) is 1. The van der Waals surface area contributed by atoms with Crippen LogP contribution in [0.4, 0.5) is 0 Å². The molecule has 0 spiro atoms. The number of carbonyl (C=O) groups is 17. The number of aliphatic hydroxyl groups excluding tert-OH is 3. The van der Waals surface area contributed by atoms with Crippen LogP contribution in [-0.2, 0) is 101 Å². The number of carboxylic acid groups (broad SMARTS) is 1. The second-order valence-corrected chi connectivity index (χ2v) is 33.8. The van der Waals surface area contributed by atoms with Crippen LogP contribution in [0.5, 0.6) is 11.5 Å². The van der Waals surface area contributed by atoms with Crippen molar-refractivity contribution >= 4 is 112 Å². The van der Waals surface area contributed by atoms with Crippen LogP contribution in [0.1, 0.15) is 135 Å². The third-order valence-electron chi connectivity index (χ3n) is 21.8. The molecule has 0 unspecified atom stereocenters. The minimum absolute atomic E-state index is 0.00625. The van der Waals surface area contributed by atoms with Crippen molar-refractivity contribution in [3.63, 3.8) is 0 Å². The SMILES string of the molecule is CSCC[C@H](NC(=O)[C@H](Cc1cnc[nH]1)NC(=O)[C@@H](NC(=O)[C@H](CCCC[NH3+])NC(=O)[C@H](C)NC(=O)[C@H](CO)NC(=O)[C@H](C)NC(=O)[C@@H]([NH3+])CCCNC(N)N)[C@@H](C)O)C(=O)N[C@@H](Cc1ccc(O)cc1)C(=O)N1CCC[C@H]1C(=O)N[C@H](C(=O)N[C@@H](CCCNC(N)N)C(=O)N[C@@H](CC(N)=O)C(=O)N[C@@H](Cc1ccc(O)cc1)C(=O)N[C@@H](CO)C(=O)N1CCC[C@H]1C(=O)O)C(C)C. The fraction of sp³-hybridized carbons (Fsp3) is 0.610. The number of nitrogens with two attached hydrogens (primary N) is 5. The van der Waals surface area contributed by atoms with E-state index < -0.39 is 241 Å². The molecule has 1 aromatic heterocycles. The number of rotatable bonds is 58. The number of benzene rings is 2. The predicted molar refractivity (Wildman–Crippen MR) is 474 cm³/mol. The van der Waals surface area contributed by atoms with Gasteiger partial charge >= 0.3 is 5.97 Å². The van der Waals surface area contributed by atoms with E-state index in [4.69, 9.17) is 28.7 Å². The third-order valence-corrected chi connectivity index (χ3v) is 22.4. The van der Waals surface area contributed by atoms with Crippen molar-refractivity contribution in [2.24, 2.45) is 34.6 Å². The number of thioether (sulfide) groups is 1. The monoisotopic (exact) mass is 1880 g/mol. The first kappa shape index (κ1) is 111. The normalized spacial score (nSPS) is 17.1. The minimum Gasteiger partial charge on any atom is -0.508 e. The molecule has 2 saturated heterocycles. The van der Waals surface area contributed by atoms with Crippen molar-refractivity contribution in [3.8, 4) is 11.5 Å². The molecule has 49 nitrogen and oxygen atoms in total. The van der Waals surface area contributed by atoms with E-state index in [0.717, 1.165) is 11.8 Å². The molecule has 0 bridgehead atoms. The Bertz CT molecular complexity index is 4330. The Morgan fingerprint density at radius 3 is 1.41 bits per heavy atom. The second-order valence-electron chi connectivity index (χ2n) is 32.8. The van der Waals surface area contributed by atoms with Gasteiger partial charge in [-0.05, 0) is 158 Å². The van der Waals surface area contributed by atoms with E-state index in [1.165, 1.54) is 91.6 Å². The molecule has 2 aromatic carbocycles. The highest BCUT2D eigenvalue weighted by atomic mass is 32.2. The van der Waals surface area contributed by atoms with E-state index in [1.807, 2.05) is 0 Å². The highest BCUT2D eigenvalue weighted by Crippen LogP contribution is 2.24. The van der Waals surface area contributed by atoms with Crippen LogP contribution in [0.15, 0.2) is 61.1 Å². The van der Waals surface area contributed by atoms with Gasteiger partial charge in [0.2, 0.25) is 88.6 Å². The maximum Gasteiger partial charge on any atom is 0.326 e. The molecule has 0 saturated carbocycles. The molecule has 2 aliphatic heterocycles. The summed E-state index contributed by atoms with van der Waals surface area (Å²) in [5.41, 5.74) is 36.7. The van der Waals surface area contributed by atoms with Gasteiger partial charge in [0, 0.05) is 50.7 Å². The zero-order chi connectivity index (χ0) is 98.2. The van der Waals surface area contributed by atoms with Crippen LogP contribution in [-0.4, -0.2) is 324 Å². The first-order valence-electron chi connectivity index (χ1n) is 43.6. The predicted octanol–water partition coefficient (Wildman–Crippen LogP) is -11.9. The van der Waals surface area contributed by atoms with Crippen molar-refractivity contribution in [2.45, 2.75) is 253 Å². The van der Waals surface area contributed by atoms with Crippen molar-refractivity contribution in [1.29, 1.82) is 0 Å². The lowest BCUT2D eigenvalue weighted by Crippen LogP contribution is -2.69. The fourth-order valence-corrected chi connectivity index (χ4v) is 14.8. The number of aliphatic carboxylic acids is 1. The number of aromatic amines is 1. The first-order chi connectivity index (χ1) is 62.5. The average Bonchev–Trinajstić information content (AvgIpc) is 1.64. The number of quaternary nitrogens is 2. The van der Waals surface area contributed by atoms with Crippen molar-refractivity contribution in [2.75, 3.05) is 57.9 Å². The van der Waals surface area contributed by atoms with Crippen molar-refractivity contribution in [1.82, 2.24) is 99.5 Å². The van der Waals surface area contributed by atoms with E-state index in [2.05, 4.69) is 101 Å². The smallest absolute Gasteiger partial charge is 0.326 e. The van der Waals surface area contributed by atoms with Gasteiger partial charge in [-0.25, -0.2) is 9.78 Å². The van der Waals surface area contributed by atoms with Crippen molar-refractivity contribution in [3.05, 3.63) is 77.9 Å². The summed E-state index contributed by atoms with van der Waals surface area (Å²) in [6.45, 7) is 5.66. The van der Waals surface area contributed by atoms with Gasteiger partial charge in [0.25, 0.3) is 5.91 Å². The Morgan fingerprint density at radius 2 is 0.902 bits per heavy atom. The van der Waals surface area contributed by atoms with Crippen LogP contribution in [0.25, 0.3) is 0 Å². The summed E-state index contributed by atoms with van der Waals surface area (Å²) in [7, 11) is 0. The first-order valence-corrected chi connectivity index (χ1v) is 45.0. The summed E-state index contributed by atoms with van der Waals surface area (Å²) < 4.78 is 0. The molecule has 2 aliphatic rings. The number of H-pyrrole nitrogens is 1. The van der Waals surface area contributed by atoms with Crippen LogP contribution in [0, 0.1) is 5.92 Å². The summed E-state index contributed by atoms with van der Waals surface area (Å²) in [5.74, 6) is -17.8. The van der Waals surface area contributed by atoms with Crippen LogP contribution >= 0.6 is 11.8 Å². The van der Waals surface area contributed by atoms with Gasteiger partial charge in [0.1, 0.15) is 115 Å². The Kier molecular flexibility index (Phi) is 47.1. The molecule has 17 atom stereocenters. The molecule has 38 N–H and O–H groups in total. The number of phenols is 2. The lowest BCUT2D eigenvalue weighted by molar-refractivity contribution is -0.405. The largest absolute Gasteiger partial charge is 0.508 e. The minimum atomic E-state index is -1.90. The van der Waals surface area contributed by atoms with E-state index >= 15 is 9.59 Å². The van der Waals surface area contributed by atoms with Gasteiger partial charge in [0.05, 0.1) is 38.6 Å². The van der Waals surface area contributed by atoms with Gasteiger partial charge in [-0.15, -0.1) is 0 Å². The van der Waals surface area contributed by atoms with E-state index in [1.54, 1.807) is 20.1 Å². The van der Waals surface area contributed by atoms with Gasteiger partial charge in [-0.2, -0.15) is 11.8 Å². The highest BCUT2D eigenvalue weighted by Gasteiger charge is 2.44. The highest BCUT2D eigenvalue weighted by molar-refractivity contribution is 7.98. The number of phenolic OH excluding ortho intramolecular Hbond substituents is 2. The second kappa shape index (κ2) is 56.1. The number of aromatic hydroxyl groups is 2. The Balaban J connectivity index is 1.35. The number of aromatic nitrogens is 2. The maximum absolute atomic E-state index is 15.3. The Hall–Kier alpha value is -11.9. The molecular weight excluding hydrogens is 1750 g/mol. The number of aliphatic hydroxyl groups is 3. The molecule has 50 heteroatoms. The number of hydrogen-bond acceptors (Lipinski definition) is 30. The lowest BCUT2D eigenvalue weighted by atomic mass is 10.0. The van der Waals surface area contributed by atoms with E-state index in [0.29, 0.717) is 49.9 Å². The van der Waals surface area contributed by atoms with Crippen LogP contribution in [0.2, 0.25) is 0 Å². The summed E-state index contributed by atoms with van der Waals surface area (Å²) >= 11 is 1.28. The molecule has 132 heavy (non-hydrogen) atoms. The number of nitrogens with one attached hydrogen (secondary N) is 16. The molecule has 2 fully saturated rings. The molecular formula is C82H134N26O23S+2. The summed E-state index contributed by atoms with van der Waals surface area (Å²) in [6.07, 6.45) is 0.685. The molecule has 0 radical (unpaired) electrons. The molecule has 3 aromatic rings. The average molecular weight is 1880 g/mol. The number of nitrogens with zero attached hydrogens (tertiary/aromatic N) is 3. The number of imidazole rings is 1. The molecule has 0 aliphatic carbocycles. The van der Waals surface area contributed by atoms with Gasteiger partial charge in [-0.3, -0.25) is 87.3 Å². The zero-order valence-corrected chi connectivity index (χ0v) is 75.8. The Morgan fingerprint density at radius 1 is 0.485 bits per heavy atom. The number of likely N-dealkylation sites (tertiary alicyclic amines) is 2. The summed E-state index contributed by atoms with van der Waals surface area (Å²) in [6, 6.07) is -13.1. The number of primary amides is 1. The molecule has 16 amide bonds. The molecule has 5 rings (SSSR count). The number of hydrogen-bond donors (Lipinski definition) is 29.